The molecule has 0 amide bonds. The molecule has 0 bridgehead atoms. The first-order valence-electron chi connectivity index (χ1n) is 4.92. The van der Waals surface area contributed by atoms with Crippen molar-refractivity contribution in [2.24, 2.45) is 0 Å². The number of rotatable bonds is 6. The third kappa shape index (κ3) is 4.64. The smallest absolute Gasteiger partial charge is 0.0698 e. The predicted octanol–water partition coefficient (Wildman–Crippen LogP) is 2.18. The molecular formula is C11H16BrNO2. The Kier molecular flexibility index (Phi) is 5.68. The molecule has 0 heterocycles. The van der Waals surface area contributed by atoms with Crippen LogP contribution in [0.1, 0.15) is 5.56 Å². The first-order valence-corrected chi connectivity index (χ1v) is 5.72. The van der Waals surface area contributed by atoms with Crippen LogP contribution in [0.4, 0.5) is 5.69 Å². The molecule has 0 radical (unpaired) electrons. The summed E-state index contributed by atoms with van der Waals surface area (Å²) in [6.45, 7) is 3.90. The summed E-state index contributed by atoms with van der Waals surface area (Å²) in [4.78, 5) is 0. The third-order valence-corrected chi connectivity index (χ3v) is 2.48. The Morgan fingerprint density at radius 3 is 2.87 bits per heavy atom. The third-order valence-electron chi connectivity index (χ3n) is 1.99. The highest BCUT2D eigenvalue weighted by atomic mass is 79.9. The molecule has 4 heteroatoms. The Hall–Kier alpha value is -0.580. The minimum absolute atomic E-state index is 0.0807. The van der Waals surface area contributed by atoms with Crippen LogP contribution in [0.15, 0.2) is 22.7 Å². The van der Waals surface area contributed by atoms with E-state index < -0.39 is 0 Å². The number of aliphatic hydroxyl groups is 1. The maximum atomic E-state index is 8.51. The Morgan fingerprint density at radius 2 is 2.20 bits per heavy atom. The van der Waals surface area contributed by atoms with E-state index in [0.717, 1.165) is 16.7 Å². The molecule has 3 nitrogen and oxygen atoms in total. The maximum Gasteiger partial charge on any atom is 0.0698 e. The predicted molar refractivity (Wildman–Crippen MR) is 65.3 cm³/mol. The molecule has 0 unspecified atom stereocenters. The minimum Gasteiger partial charge on any atom is -0.394 e. The lowest BCUT2D eigenvalue weighted by Gasteiger charge is -2.09. The summed E-state index contributed by atoms with van der Waals surface area (Å²) in [5, 5.41) is 11.8. The van der Waals surface area contributed by atoms with Gasteiger partial charge in [-0.2, -0.15) is 0 Å². The van der Waals surface area contributed by atoms with Crippen molar-refractivity contribution < 1.29 is 9.84 Å². The summed E-state index contributed by atoms with van der Waals surface area (Å²) in [5.41, 5.74) is 2.32. The first-order chi connectivity index (χ1) is 7.24. The molecule has 0 spiro atoms. The second-order valence-electron chi connectivity index (χ2n) is 3.22. The standard InChI is InChI=1S/C11H16BrNO2/c1-9-8-10(12)2-3-11(9)13-4-6-15-7-5-14/h2-3,8,13-14H,4-7H2,1H3. The number of anilines is 1. The Balaban J connectivity index is 2.31. The lowest BCUT2D eigenvalue weighted by atomic mass is 10.2. The molecule has 2 N–H and O–H groups in total. The van der Waals surface area contributed by atoms with E-state index in [0.29, 0.717) is 13.2 Å². The number of aryl methyl sites for hydroxylation is 1. The van der Waals surface area contributed by atoms with Crippen LogP contribution in [-0.2, 0) is 4.74 Å². The summed E-state index contributed by atoms with van der Waals surface area (Å²) >= 11 is 3.42. The van der Waals surface area contributed by atoms with Crippen molar-refractivity contribution in [2.45, 2.75) is 6.92 Å². The van der Waals surface area contributed by atoms with Crippen LogP contribution in [0, 0.1) is 6.92 Å². The van der Waals surface area contributed by atoms with Crippen LogP contribution in [0.25, 0.3) is 0 Å². The second kappa shape index (κ2) is 6.82. The monoisotopic (exact) mass is 273 g/mol. The second-order valence-corrected chi connectivity index (χ2v) is 4.14. The molecule has 0 fully saturated rings. The van der Waals surface area contributed by atoms with Gasteiger partial charge in [-0.1, -0.05) is 15.9 Å². The normalized spacial score (nSPS) is 10.3. The van der Waals surface area contributed by atoms with Gasteiger partial charge in [0.2, 0.25) is 0 Å². The van der Waals surface area contributed by atoms with Gasteiger partial charge < -0.3 is 15.2 Å². The average molecular weight is 274 g/mol. The van der Waals surface area contributed by atoms with E-state index in [-0.39, 0.29) is 6.61 Å². The molecule has 84 valence electrons. The van der Waals surface area contributed by atoms with Crippen LogP contribution in [0.2, 0.25) is 0 Å². The Morgan fingerprint density at radius 1 is 1.40 bits per heavy atom. The van der Waals surface area contributed by atoms with E-state index in [4.69, 9.17) is 9.84 Å². The Labute approximate surface area is 98.6 Å². The van der Waals surface area contributed by atoms with Crippen LogP contribution in [0.3, 0.4) is 0 Å². The summed E-state index contributed by atoms with van der Waals surface area (Å²) in [5.74, 6) is 0. The fraction of sp³-hybridized carbons (Fsp3) is 0.455. The molecule has 1 aromatic carbocycles. The van der Waals surface area contributed by atoms with Gasteiger partial charge in [-0.3, -0.25) is 0 Å². The molecule has 15 heavy (non-hydrogen) atoms. The highest BCUT2D eigenvalue weighted by Crippen LogP contribution is 2.19. The molecule has 1 aromatic rings. The molecule has 0 aliphatic heterocycles. The summed E-state index contributed by atoms with van der Waals surface area (Å²) in [6, 6.07) is 6.10. The van der Waals surface area contributed by atoms with Gasteiger partial charge in [-0.25, -0.2) is 0 Å². The number of halogens is 1. The molecule has 0 atom stereocenters. The van der Waals surface area contributed by atoms with Gasteiger partial charge in [-0.05, 0) is 30.7 Å². The zero-order valence-corrected chi connectivity index (χ0v) is 10.4. The van der Waals surface area contributed by atoms with Crippen molar-refractivity contribution in [3.05, 3.63) is 28.2 Å². The maximum absolute atomic E-state index is 8.51. The molecule has 0 saturated heterocycles. The zero-order valence-electron chi connectivity index (χ0n) is 8.79. The number of aliphatic hydroxyl groups excluding tert-OH is 1. The van der Waals surface area contributed by atoms with E-state index >= 15 is 0 Å². The van der Waals surface area contributed by atoms with E-state index in [1.807, 2.05) is 12.1 Å². The molecular weight excluding hydrogens is 258 g/mol. The van der Waals surface area contributed by atoms with Crippen molar-refractivity contribution in [3.8, 4) is 0 Å². The lowest BCUT2D eigenvalue weighted by Crippen LogP contribution is -2.11. The van der Waals surface area contributed by atoms with Crippen LogP contribution >= 0.6 is 15.9 Å². The highest BCUT2D eigenvalue weighted by molar-refractivity contribution is 9.10. The zero-order chi connectivity index (χ0) is 11.1. The van der Waals surface area contributed by atoms with Crippen LogP contribution < -0.4 is 5.32 Å². The van der Waals surface area contributed by atoms with Crippen LogP contribution in [-0.4, -0.2) is 31.5 Å². The average Bonchev–Trinajstić information content (AvgIpc) is 2.20. The molecule has 0 aliphatic rings. The Bertz CT molecular complexity index is 305. The molecule has 0 aromatic heterocycles. The first kappa shape index (κ1) is 12.5. The quantitative estimate of drug-likeness (QED) is 0.781. The van der Waals surface area contributed by atoms with Gasteiger partial charge in [0.15, 0.2) is 0 Å². The van der Waals surface area contributed by atoms with E-state index in [2.05, 4.69) is 34.2 Å². The fourth-order valence-electron chi connectivity index (χ4n) is 1.25. The van der Waals surface area contributed by atoms with Crippen LogP contribution in [0.5, 0.6) is 0 Å². The number of benzene rings is 1. The molecule has 0 aliphatic carbocycles. The molecule has 1 rings (SSSR count). The summed E-state index contributed by atoms with van der Waals surface area (Å²) < 4.78 is 6.23. The highest BCUT2D eigenvalue weighted by Gasteiger charge is 1.97. The summed E-state index contributed by atoms with van der Waals surface area (Å²) in [6.07, 6.45) is 0. The largest absolute Gasteiger partial charge is 0.394 e. The van der Waals surface area contributed by atoms with E-state index in [1.54, 1.807) is 0 Å². The van der Waals surface area contributed by atoms with E-state index in [1.165, 1.54) is 5.56 Å². The van der Waals surface area contributed by atoms with Gasteiger partial charge in [0.05, 0.1) is 19.8 Å². The van der Waals surface area contributed by atoms with Gasteiger partial charge in [-0.15, -0.1) is 0 Å². The van der Waals surface area contributed by atoms with Gasteiger partial charge in [0, 0.05) is 16.7 Å². The number of nitrogens with one attached hydrogen (secondary N) is 1. The van der Waals surface area contributed by atoms with Crippen molar-refractivity contribution in [3.63, 3.8) is 0 Å². The van der Waals surface area contributed by atoms with Gasteiger partial charge in [0.1, 0.15) is 0 Å². The van der Waals surface area contributed by atoms with Crippen molar-refractivity contribution >= 4 is 21.6 Å². The lowest BCUT2D eigenvalue weighted by molar-refractivity contribution is 0.0992. The SMILES string of the molecule is Cc1cc(Br)ccc1NCCOCCO. The minimum atomic E-state index is 0.0807. The molecule has 0 saturated carbocycles. The topological polar surface area (TPSA) is 41.5 Å². The fourth-order valence-corrected chi connectivity index (χ4v) is 1.73. The number of hydrogen-bond donors (Lipinski definition) is 2. The van der Waals surface area contributed by atoms with Crippen molar-refractivity contribution in [1.29, 1.82) is 0 Å². The number of ether oxygens (including phenoxy) is 1. The van der Waals surface area contributed by atoms with Gasteiger partial charge >= 0.3 is 0 Å². The van der Waals surface area contributed by atoms with Crippen molar-refractivity contribution in [2.75, 3.05) is 31.7 Å². The van der Waals surface area contributed by atoms with Crippen molar-refractivity contribution in [1.82, 2.24) is 0 Å². The van der Waals surface area contributed by atoms with E-state index in [9.17, 15) is 0 Å². The number of hydrogen-bond acceptors (Lipinski definition) is 3. The summed E-state index contributed by atoms with van der Waals surface area (Å²) in [7, 11) is 0. The van der Waals surface area contributed by atoms with Gasteiger partial charge in [0.25, 0.3) is 0 Å².